The van der Waals surface area contributed by atoms with Crippen LogP contribution in [0.1, 0.15) is 186 Å². The minimum atomic E-state index is 0.0348. The van der Waals surface area contributed by atoms with Gasteiger partial charge in [0.25, 0.3) is 0 Å². The van der Waals surface area contributed by atoms with Crippen molar-refractivity contribution in [1.29, 1.82) is 0 Å². The number of rotatable bonds is 16. The largest absolute Gasteiger partial charge is 0.256 e. The van der Waals surface area contributed by atoms with Crippen molar-refractivity contribution in [3.05, 3.63) is 223 Å². The molecule has 1 heterocycles. The van der Waals surface area contributed by atoms with Gasteiger partial charge in [0.15, 0.2) is 0 Å². The van der Waals surface area contributed by atoms with Crippen LogP contribution in [0, 0.1) is 21.7 Å². The third kappa shape index (κ3) is 15.9. The number of nitrogens with zero attached hydrogens (tertiary/aromatic N) is 1. The van der Waals surface area contributed by atoms with Gasteiger partial charge in [0.05, 0.1) is 5.69 Å². The van der Waals surface area contributed by atoms with Gasteiger partial charge in [-0.05, 0) is 242 Å². The third-order valence-corrected chi connectivity index (χ3v) is 17.5. The minimum absolute atomic E-state index is 0.0348. The Labute approximate surface area is 521 Å². The van der Waals surface area contributed by atoms with Crippen molar-refractivity contribution in [3.8, 4) is 89.1 Å². The summed E-state index contributed by atoms with van der Waals surface area (Å²) >= 11 is 0. The number of hydrogen-bond acceptors (Lipinski definition) is 1. The van der Waals surface area contributed by atoms with E-state index in [4.69, 9.17) is 4.98 Å². The van der Waals surface area contributed by atoms with Crippen molar-refractivity contribution in [2.24, 2.45) is 21.7 Å². The van der Waals surface area contributed by atoms with Crippen molar-refractivity contribution in [2.45, 2.75) is 186 Å². The van der Waals surface area contributed by atoms with E-state index in [-0.39, 0.29) is 43.3 Å². The Balaban J connectivity index is 1.26. The van der Waals surface area contributed by atoms with E-state index < -0.39 is 0 Å². The first-order valence-corrected chi connectivity index (χ1v) is 31.9. The highest BCUT2D eigenvalue weighted by Gasteiger charge is 2.31. The van der Waals surface area contributed by atoms with E-state index in [9.17, 15) is 0 Å². The van der Waals surface area contributed by atoms with Crippen molar-refractivity contribution < 1.29 is 0 Å². The van der Waals surface area contributed by atoms with E-state index in [2.05, 4.69) is 327 Å². The molecule has 1 heteroatoms. The highest BCUT2D eigenvalue weighted by molar-refractivity contribution is 5.89. The molecule has 0 aliphatic heterocycles. The summed E-state index contributed by atoms with van der Waals surface area (Å²) < 4.78 is 0. The zero-order valence-electron chi connectivity index (χ0n) is 56.3. The first kappa shape index (κ1) is 63.4. The van der Waals surface area contributed by atoms with Gasteiger partial charge in [0.2, 0.25) is 0 Å². The van der Waals surface area contributed by atoms with E-state index >= 15 is 0 Å². The molecule has 0 bridgehead atoms. The standard InChI is InChI=1S/C85H101N/c1-78(2,3)54-82(13,14)73-35-27-58(28-36-73)64-45-65(59-29-37-74(38-30-59)83(15,16)55-79(4,5)6)48-69(47-64)71-51-68(62-24-23-25-63(44-62)77-26-21-22-43-86-77)52-72(53-71)70-49-66(60-31-39-75(40-32-60)84(17,18)56-80(7,8)9)46-67(50-70)61-33-41-76(42-34-61)85(19,20)57-81(10,11)12/h21-53H,54-57H2,1-20H3. The van der Waals surface area contributed by atoms with Crippen LogP contribution in [0.5, 0.6) is 0 Å². The second-order valence-electron chi connectivity index (χ2n) is 33.0. The van der Waals surface area contributed by atoms with Crippen LogP contribution in [0.4, 0.5) is 0 Å². The summed E-state index contributed by atoms with van der Waals surface area (Å²) in [4.78, 5) is 4.80. The molecule has 0 aliphatic rings. The van der Waals surface area contributed by atoms with Crippen LogP contribution >= 0.6 is 0 Å². The lowest BCUT2D eigenvalue weighted by molar-refractivity contribution is 0.283. The van der Waals surface area contributed by atoms with Crippen LogP contribution < -0.4 is 0 Å². The molecule has 9 aromatic rings. The average molecular weight is 1140 g/mol. The molecule has 0 aliphatic carbocycles. The smallest absolute Gasteiger partial charge is 0.0702 e. The molecule has 86 heavy (non-hydrogen) atoms. The van der Waals surface area contributed by atoms with Gasteiger partial charge in [-0.3, -0.25) is 4.98 Å². The van der Waals surface area contributed by atoms with E-state index in [1.807, 2.05) is 12.3 Å². The maximum absolute atomic E-state index is 4.80. The normalized spacial score (nSPS) is 13.1. The molecule has 446 valence electrons. The maximum atomic E-state index is 4.80. The summed E-state index contributed by atoms with van der Waals surface area (Å²) in [7, 11) is 0. The highest BCUT2D eigenvalue weighted by atomic mass is 14.7. The number of aromatic nitrogens is 1. The topological polar surface area (TPSA) is 12.9 Å². The Morgan fingerprint density at radius 2 is 0.430 bits per heavy atom. The lowest BCUT2D eigenvalue weighted by Gasteiger charge is -2.33. The highest BCUT2D eigenvalue weighted by Crippen LogP contribution is 2.45. The molecule has 0 N–H and O–H groups in total. The summed E-state index contributed by atoms with van der Waals surface area (Å²) in [6.45, 7) is 47.4. The fraction of sp³-hybridized carbons (Fsp3) is 0.376. The van der Waals surface area contributed by atoms with Gasteiger partial charge in [-0.1, -0.05) is 260 Å². The number of hydrogen-bond donors (Lipinski definition) is 0. The fourth-order valence-electron chi connectivity index (χ4n) is 14.9. The SMILES string of the molecule is CC(C)(C)CC(C)(C)c1ccc(-c2cc(-c3ccc(C(C)(C)CC(C)(C)C)cc3)cc(-c3cc(-c4cc(-c5ccc(C(C)(C)CC(C)(C)C)cc5)cc(-c5ccc(C(C)(C)CC(C)(C)C)cc5)c4)cc(-c4cccc(-c5ccccn5)c4)c3)c2)cc1. The molecule has 0 fully saturated rings. The molecule has 9 rings (SSSR count). The molecule has 0 amide bonds. The van der Waals surface area contributed by atoms with Gasteiger partial charge < -0.3 is 0 Å². The van der Waals surface area contributed by atoms with Gasteiger partial charge in [-0.15, -0.1) is 0 Å². The van der Waals surface area contributed by atoms with E-state index in [1.54, 1.807) is 0 Å². The molecule has 1 nitrogen and oxygen atoms in total. The van der Waals surface area contributed by atoms with Crippen molar-refractivity contribution >= 4 is 0 Å². The molecule has 0 saturated heterocycles. The molecule has 0 atom stereocenters. The van der Waals surface area contributed by atoms with Crippen LogP contribution in [0.3, 0.4) is 0 Å². The van der Waals surface area contributed by atoms with Crippen molar-refractivity contribution in [2.75, 3.05) is 0 Å². The van der Waals surface area contributed by atoms with Crippen LogP contribution in [-0.4, -0.2) is 4.98 Å². The van der Waals surface area contributed by atoms with E-state index in [1.165, 1.54) is 77.9 Å². The van der Waals surface area contributed by atoms with Crippen LogP contribution in [0.2, 0.25) is 0 Å². The lowest BCUT2D eigenvalue weighted by atomic mass is 9.72. The van der Waals surface area contributed by atoms with Crippen LogP contribution in [-0.2, 0) is 21.7 Å². The predicted octanol–water partition coefficient (Wildman–Crippen LogP) is 25.3. The second kappa shape index (κ2) is 23.9. The molecule has 0 spiro atoms. The van der Waals surface area contributed by atoms with Gasteiger partial charge in [0.1, 0.15) is 0 Å². The number of pyridine rings is 1. The fourth-order valence-corrected chi connectivity index (χ4v) is 14.9. The van der Waals surface area contributed by atoms with Gasteiger partial charge in [-0.2, -0.15) is 0 Å². The average Bonchev–Trinajstić information content (AvgIpc) is 1.38. The first-order chi connectivity index (χ1) is 40.0. The Morgan fingerprint density at radius 1 is 0.209 bits per heavy atom. The molecule has 0 saturated carbocycles. The van der Waals surface area contributed by atoms with Crippen molar-refractivity contribution in [1.82, 2.24) is 4.98 Å². The summed E-state index contributed by atoms with van der Waals surface area (Å²) in [6, 6.07) is 74.8. The summed E-state index contributed by atoms with van der Waals surface area (Å²) in [5.74, 6) is 0. The lowest BCUT2D eigenvalue weighted by Crippen LogP contribution is -2.24. The molecule has 0 unspecified atom stereocenters. The molecular formula is C85H101N. The Kier molecular flexibility index (Phi) is 17.6. The van der Waals surface area contributed by atoms with E-state index in [0.29, 0.717) is 0 Å². The first-order valence-electron chi connectivity index (χ1n) is 31.9. The van der Waals surface area contributed by atoms with Gasteiger partial charge in [0, 0.05) is 11.8 Å². The van der Waals surface area contributed by atoms with Crippen LogP contribution in [0.15, 0.2) is 200 Å². The summed E-state index contributed by atoms with van der Waals surface area (Å²) in [5, 5.41) is 0. The quantitative estimate of drug-likeness (QED) is 0.0940. The van der Waals surface area contributed by atoms with Gasteiger partial charge >= 0.3 is 0 Å². The third-order valence-electron chi connectivity index (χ3n) is 17.5. The zero-order chi connectivity index (χ0) is 62.4. The Bertz CT molecular complexity index is 3390. The molecule has 8 aromatic carbocycles. The minimum Gasteiger partial charge on any atom is -0.256 e. The van der Waals surface area contributed by atoms with Gasteiger partial charge in [-0.25, -0.2) is 0 Å². The Morgan fingerprint density at radius 3 is 0.663 bits per heavy atom. The monoisotopic (exact) mass is 1140 g/mol. The molecular weight excluding hydrogens is 1030 g/mol. The Hall–Kier alpha value is -7.09. The molecule has 0 radical (unpaired) electrons. The summed E-state index contributed by atoms with van der Waals surface area (Å²) in [5.41, 5.74) is 25.1. The van der Waals surface area contributed by atoms with E-state index in [0.717, 1.165) is 59.2 Å². The maximum Gasteiger partial charge on any atom is 0.0702 e. The van der Waals surface area contributed by atoms with Crippen molar-refractivity contribution in [3.63, 3.8) is 0 Å². The molecule has 1 aromatic heterocycles. The second-order valence-corrected chi connectivity index (χ2v) is 33.0. The number of benzene rings is 8. The predicted molar refractivity (Wildman–Crippen MR) is 376 cm³/mol. The van der Waals surface area contributed by atoms with Crippen LogP contribution in [0.25, 0.3) is 89.1 Å². The summed E-state index contributed by atoms with van der Waals surface area (Å²) in [6.07, 6.45) is 6.27. The zero-order valence-corrected chi connectivity index (χ0v) is 56.3.